The monoisotopic (exact) mass is 400 g/mol. The van der Waals surface area contributed by atoms with Crippen molar-refractivity contribution in [1.29, 1.82) is 0 Å². The maximum Gasteiger partial charge on any atom is 0.187 e. The molecule has 0 fully saturated rings. The number of benzene rings is 1. The number of nitrogens with zero attached hydrogens (tertiary/aromatic N) is 3. The van der Waals surface area contributed by atoms with Gasteiger partial charge in [0.15, 0.2) is 11.6 Å². The van der Waals surface area contributed by atoms with Crippen LogP contribution in [0.25, 0.3) is 23.4 Å². The van der Waals surface area contributed by atoms with E-state index < -0.39 is 0 Å². The fraction of sp³-hybridized carbons (Fsp3) is 0.240. The zero-order valence-corrected chi connectivity index (χ0v) is 18.0. The first-order chi connectivity index (χ1) is 14.7. The molecule has 0 saturated heterocycles. The second-order valence-electron chi connectivity index (χ2n) is 6.69. The van der Waals surface area contributed by atoms with Gasteiger partial charge >= 0.3 is 0 Å². The zero-order chi connectivity index (χ0) is 21.3. The molecule has 0 aliphatic heterocycles. The minimum absolute atomic E-state index is 0.626. The van der Waals surface area contributed by atoms with E-state index in [4.69, 9.17) is 4.74 Å². The molecule has 2 aromatic heterocycles. The number of aromatic nitrogens is 3. The number of aryl methyl sites for hydroxylation is 1. The molecule has 3 aromatic rings. The molecule has 0 atom stereocenters. The first-order valence-corrected chi connectivity index (χ1v) is 10.3. The van der Waals surface area contributed by atoms with E-state index in [0.29, 0.717) is 11.6 Å². The van der Waals surface area contributed by atoms with Gasteiger partial charge in [-0.15, -0.1) is 0 Å². The van der Waals surface area contributed by atoms with E-state index in [1.165, 1.54) is 10.8 Å². The number of pyridine rings is 1. The Labute approximate surface area is 177 Å². The summed E-state index contributed by atoms with van der Waals surface area (Å²) < 4.78 is 5.68. The van der Waals surface area contributed by atoms with E-state index in [0.717, 1.165) is 35.0 Å². The molecular formula is C25H28N4O. The van der Waals surface area contributed by atoms with Crippen molar-refractivity contribution < 1.29 is 4.74 Å². The molecule has 4 rings (SSSR count). The zero-order valence-electron chi connectivity index (χ0n) is 18.0. The SMILES string of the molecule is CC.COc1c(NC2=C/CCC=c3ccnc\c3=C\2)ncnc1-c1ccc(C)cc1. The van der Waals surface area contributed by atoms with Gasteiger partial charge < -0.3 is 10.1 Å². The summed E-state index contributed by atoms with van der Waals surface area (Å²) in [4.78, 5) is 13.1. The molecule has 0 saturated carbocycles. The van der Waals surface area contributed by atoms with Crippen LogP contribution in [-0.2, 0) is 0 Å². The normalized spacial score (nSPS) is 15.3. The number of hydrogen-bond acceptors (Lipinski definition) is 5. The highest BCUT2D eigenvalue weighted by Gasteiger charge is 2.14. The molecule has 0 unspecified atom stereocenters. The summed E-state index contributed by atoms with van der Waals surface area (Å²) in [6.45, 7) is 6.06. The Morgan fingerprint density at radius 2 is 1.70 bits per heavy atom. The van der Waals surface area contributed by atoms with Gasteiger partial charge in [-0.25, -0.2) is 9.97 Å². The molecule has 0 radical (unpaired) electrons. The van der Waals surface area contributed by atoms with Crippen molar-refractivity contribution in [3.05, 3.63) is 76.8 Å². The van der Waals surface area contributed by atoms with Gasteiger partial charge in [0.25, 0.3) is 0 Å². The largest absolute Gasteiger partial charge is 0.491 e. The summed E-state index contributed by atoms with van der Waals surface area (Å²) in [5.74, 6) is 1.27. The standard InChI is InChI=1S/C23H22N4O.C2H6/c1-16-7-9-18(10-8-16)21-22(28-2)23(26-15-25-21)27-20-6-4-3-5-17-11-12-24-14-19(17)13-20;1-2/h5-15H,3-4H2,1-2H3,(H,25,26,27);1-2H3/b17-5?,19-13-,20-6+;. The quantitative estimate of drug-likeness (QED) is 0.710. The molecule has 0 amide bonds. The first kappa shape index (κ1) is 21.2. The lowest BCUT2D eigenvalue weighted by molar-refractivity contribution is 0.415. The van der Waals surface area contributed by atoms with Gasteiger partial charge in [0.2, 0.25) is 0 Å². The minimum atomic E-state index is 0.626. The van der Waals surface area contributed by atoms with E-state index in [9.17, 15) is 0 Å². The Kier molecular flexibility index (Phi) is 7.33. The van der Waals surface area contributed by atoms with E-state index in [-0.39, 0.29) is 0 Å². The van der Waals surface area contributed by atoms with Crippen molar-refractivity contribution in [2.24, 2.45) is 0 Å². The van der Waals surface area contributed by atoms with Crippen LogP contribution in [0.5, 0.6) is 5.75 Å². The van der Waals surface area contributed by atoms with Crippen LogP contribution in [0, 0.1) is 6.92 Å². The topological polar surface area (TPSA) is 59.9 Å². The Morgan fingerprint density at radius 3 is 2.47 bits per heavy atom. The van der Waals surface area contributed by atoms with Crippen molar-refractivity contribution in [2.75, 3.05) is 12.4 Å². The van der Waals surface area contributed by atoms with E-state index >= 15 is 0 Å². The number of methoxy groups -OCH3 is 1. The van der Waals surface area contributed by atoms with Crippen LogP contribution in [0.1, 0.15) is 32.3 Å². The van der Waals surface area contributed by atoms with E-state index in [1.807, 2.05) is 44.4 Å². The summed E-state index contributed by atoms with van der Waals surface area (Å²) in [6, 6.07) is 10.3. The molecular weight excluding hydrogens is 372 g/mol. The van der Waals surface area contributed by atoms with Crippen molar-refractivity contribution in [3.63, 3.8) is 0 Å². The molecule has 5 heteroatoms. The summed E-state index contributed by atoms with van der Waals surface area (Å²) in [5.41, 5.74) is 3.93. The molecule has 1 aromatic carbocycles. The highest BCUT2D eigenvalue weighted by atomic mass is 16.5. The summed E-state index contributed by atoms with van der Waals surface area (Å²) in [5, 5.41) is 5.69. The van der Waals surface area contributed by atoms with Gasteiger partial charge in [0.05, 0.1) is 7.11 Å². The predicted molar refractivity (Wildman–Crippen MR) is 123 cm³/mol. The van der Waals surface area contributed by atoms with Crippen LogP contribution in [0.2, 0.25) is 0 Å². The van der Waals surface area contributed by atoms with E-state index in [2.05, 4.69) is 57.6 Å². The van der Waals surface area contributed by atoms with Crippen LogP contribution in [0.15, 0.2) is 60.8 Å². The Balaban J connectivity index is 0.00000124. The third-order valence-corrected chi connectivity index (χ3v) is 4.69. The number of rotatable bonds is 4. The van der Waals surface area contributed by atoms with Gasteiger partial charge in [-0.3, -0.25) is 4.98 Å². The van der Waals surface area contributed by atoms with Gasteiger partial charge in [0, 0.05) is 28.9 Å². The molecule has 30 heavy (non-hydrogen) atoms. The lowest BCUT2D eigenvalue weighted by Gasteiger charge is -2.14. The van der Waals surface area contributed by atoms with Crippen LogP contribution in [0.3, 0.4) is 0 Å². The van der Waals surface area contributed by atoms with Gasteiger partial charge in [0.1, 0.15) is 12.0 Å². The lowest BCUT2D eigenvalue weighted by Crippen LogP contribution is -2.26. The molecule has 1 aliphatic rings. The van der Waals surface area contributed by atoms with Gasteiger partial charge in [-0.2, -0.15) is 0 Å². The number of hydrogen-bond donors (Lipinski definition) is 1. The highest BCUT2D eigenvalue weighted by molar-refractivity contribution is 5.74. The smallest absolute Gasteiger partial charge is 0.187 e. The van der Waals surface area contributed by atoms with E-state index in [1.54, 1.807) is 13.4 Å². The Bertz CT molecular complexity index is 1130. The highest BCUT2D eigenvalue weighted by Crippen LogP contribution is 2.33. The summed E-state index contributed by atoms with van der Waals surface area (Å²) >= 11 is 0. The second kappa shape index (κ2) is 10.3. The van der Waals surface area contributed by atoms with Crippen molar-refractivity contribution >= 4 is 18.0 Å². The number of allylic oxidation sites excluding steroid dienone is 2. The van der Waals surface area contributed by atoms with Crippen molar-refractivity contribution in [1.82, 2.24) is 15.0 Å². The average Bonchev–Trinajstić information content (AvgIpc) is 2.77. The Morgan fingerprint density at radius 1 is 0.933 bits per heavy atom. The maximum atomic E-state index is 5.68. The first-order valence-electron chi connectivity index (χ1n) is 10.3. The molecule has 1 aliphatic carbocycles. The molecule has 5 nitrogen and oxygen atoms in total. The number of anilines is 1. The van der Waals surface area contributed by atoms with Gasteiger partial charge in [-0.05, 0) is 37.1 Å². The minimum Gasteiger partial charge on any atom is -0.491 e. The molecule has 2 heterocycles. The molecule has 154 valence electrons. The predicted octanol–water partition coefficient (Wildman–Crippen LogP) is 4.23. The van der Waals surface area contributed by atoms with Crippen molar-refractivity contribution in [3.8, 4) is 17.0 Å². The molecule has 1 N–H and O–H groups in total. The third-order valence-electron chi connectivity index (χ3n) is 4.69. The van der Waals surface area contributed by atoms with Crippen LogP contribution >= 0.6 is 0 Å². The molecule has 0 bridgehead atoms. The summed E-state index contributed by atoms with van der Waals surface area (Å²) in [6.07, 6.45) is 13.7. The van der Waals surface area contributed by atoms with Crippen LogP contribution in [-0.4, -0.2) is 22.1 Å². The van der Waals surface area contributed by atoms with Crippen LogP contribution < -0.4 is 20.5 Å². The summed E-state index contributed by atoms with van der Waals surface area (Å²) in [7, 11) is 1.64. The molecule has 0 spiro atoms. The third kappa shape index (κ3) is 4.92. The fourth-order valence-electron chi connectivity index (χ4n) is 3.23. The second-order valence-corrected chi connectivity index (χ2v) is 6.69. The maximum absolute atomic E-state index is 5.68. The number of nitrogens with one attached hydrogen (secondary N) is 1. The average molecular weight is 401 g/mol. The fourth-order valence-corrected chi connectivity index (χ4v) is 3.23. The van der Waals surface area contributed by atoms with Crippen molar-refractivity contribution in [2.45, 2.75) is 33.6 Å². The Hall–Kier alpha value is -3.47. The lowest BCUT2D eigenvalue weighted by atomic mass is 10.1. The number of fused-ring (bicyclic) bond motifs is 1. The number of ether oxygens (including phenoxy) is 1. The van der Waals surface area contributed by atoms with Gasteiger partial charge in [-0.1, -0.05) is 55.8 Å². The van der Waals surface area contributed by atoms with Crippen LogP contribution in [0.4, 0.5) is 5.82 Å².